The van der Waals surface area contributed by atoms with Gasteiger partial charge in [0.15, 0.2) is 5.69 Å². The van der Waals surface area contributed by atoms with Crippen molar-refractivity contribution in [3.05, 3.63) is 91.6 Å². The number of unbranched alkanes of at least 4 members (excludes halogenated alkanes) is 1. The predicted molar refractivity (Wildman–Crippen MR) is 128 cm³/mol. The van der Waals surface area contributed by atoms with Crippen LogP contribution < -0.4 is 21.9 Å². The second-order valence-electron chi connectivity index (χ2n) is 8.24. The van der Waals surface area contributed by atoms with Gasteiger partial charge in [-0.1, -0.05) is 43.7 Å². The van der Waals surface area contributed by atoms with Crippen LogP contribution in [0, 0.1) is 0 Å². The van der Waals surface area contributed by atoms with Gasteiger partial charge in [-0.15, -0.1) is 0 Å². The first kappa shape index (κ1) is 23.0. The number of hydrogen-bond acceptors (Lipinski definition) is 6. The molecule has 34 heavy (non-hydrogen) atoms. The number of amides is 1. The minimum atomic E-state index is -0.739. The molecule has 2 aromatic carbocycles. The molecule has 1 aliphatic heterocycles. The van der Waals surface area contributed by atoms with E-state index in [0.29, 0.717) is 30.5 Å². The number of nitrogens with two attached hydrogens (primary N) is 1. The Kier molecular flexibility index (Phi) is 6.36. The summed E-state index contributed by atoms with van der Waals surface area (Å²) in [5, 5.41) is 0. The lowest BCUT2D eigenvalue weighted by Gasteiger charge is -2.26. The zero-order chi connectivity index (χ0) is 24.4. The summed E-state index contributed by atoms with van der Waals surface area (Å²) >= 11 is 0. The van der Waals surface area contributed by atoms with Crippen LogP contribution in [0.4, 0.5) is 11.5 Å². The fourth-order valence-corrected chi connectivity index (χ4v) is 4.12. The van der Waals surface area contributed by atoms with Gasteiger partial charge in [-0.25, -0.2) is 9.59 Å². The van der Waals surface area contributed by atoms with Gasteiger partial charge in [0.1, 0.15) is 11.9 Å². The lowest BCUT2D eigenvalue weighted by atomic mass is 9.93. The summed E-state index contributed by atoms with van der Waals surface area (Å²) in [6, 6.07) is 14.1. The highest BCUT2D eigenvalue weighted by Crippen LogP contribution is 2.31. The molecule has 1 atom stereocenters. The van der Waals surface area contributed by atoms with E-state index in [0.717, 1.165) is 16.9 Å². The molecule has 4 rings (SSSR count). The molecule has 1 amide bonds. The van der Waals surface area contributed by atoms with Crippen LogP contribution in [0.3, 0.4) is 0 Å². The number of carbonyl (C=O) groups excluding carboxylic acids is 2. The number of hydrogen-bond donors (Lipinski definition) is 2. The number of aromatic amines is 1. The number of nitrogens with one attached hydrogen (secondary N) is 1. The standard InChI is InChI=1S/C25H26N4O5/c1-3-4-12-29-21(26)20(22(30)27-25(29)33)28(2)23(31)16-10-11-18-17(13-16)14-19(34-24(18)32)15-8-6-5-7-9-15/h5-11,13,19H,3-4,12,14,26H2,1-2H3,(H,27,30,33)/t19-/m1/s1. The van der Waals surface area contributed by atoms with Gasteiger partial charge >= 0.3 is 11.7 Å². The van der Waals surface area contributed by atoms with Crippen molar-refractivity contribution < 1.29 is 14.3 Å². The van der Waals surface area contributed by atoms with Crippen molar-refractivity contribution in [3.8, 4) is 0 Å². The summed E-state index contributed by atoms with van der Waals surface area (Å²) in [5.41, 5.74) is 6.92. The molecule has 0 aliphatic carbocycles. The fourth-order valence-electron chi connectivity index (χ4n) is 4.12. The maximum atomic E-state index is 13.3. The first-order valence-corrected chi connectivity index (χ1v) is 11.1. The Hall–Kier alpha value is -4.14. The molecule has 9 nitrogen and oxygen atoms in total. The van der Waals surface area contributed by atoms with E-state index in [4.69, 9.17) is 10.5 Å². The van der Waals surface area contributed by atoms with Crippen molar-refractivity contribution in [1.82, 2.24) is 9.55 Å². The van der Waals surface area contributed by atoms with Gasteiger partial charge in [0.2, 0.25) is 0 Å². The predicted octanol–water partition coefficient (Wildman–Crippen LogP) is 2.65. The summed E-state index contributed by atoms with van der Waals surface area (Å²) in [6.45, 7) is 2.30. The van der Waals surface area contributed by atoms with Crippen LogP contribution in [-0.2, 0) is 17.7 Å². The Labute approximate surface area is 195 Å². The van der Waals surface area contributed by atoms with Crippen molar-refractivity contribution >= 4 is 23.4 Å². The van der Waals surface area contributed by atoms with Gasteiger partial charge < -0.3 is 15.4 Å². The lowest BCUT2D eigenvalue weighted by molar-refractivity contribution is 0.0252. The molecule has 0 fully saturated rings. The lowest BCUT2D eigenvalue weighted by Crippen LogP contribution is -2.39. The number of fused-ring (bicyclic) bond motifs is 1. The van der Waals surface area contributed by atoms with Crippen molar-refractivity contribution in [3.63, 3.8) is 0 Å². The third-order valence-corrected chi connectivity index (χ3v) is 5.99. The average Bonchev–Trinajstić information content (AvgIpc) is 2.83. The molecule has 0 unspecified atom stereocenters. The van der Waals surface area contributed by atoms with Crippen molar-refractivity contribution in [2.45, 2.75) is 38.8 Å². The third-order valence-electron chi connectivity index (χ3n) is 5.99. The van der Waals surface area contributed by atoms with Crippen molar-refractivity contribution in [1.29, 1.82) is 0 Å². The summed E-state index contributed by atoms with van der Waals surface area (Å²) < 4.78 is 6.84. The summed E-state index contributed by atoms with van der Waals surface area (Å²) in [6.07, 6.45) is 1.48. The molecule has 0 radical (unpaired) electrons. The van der Waals surface area contributed by atoms with Crippen molar-refractivity contribution in [2.75, 3.05) is 17.7 Å². The van der Waals surface area contributed by atoms with Crippen LogP contribution >= 0.6 is 0 Å². The Bertz CT molecular complexity index is 1360. The number of H-pyrrole nitrogens is 1. The number of benzene rings is 2. The van der Waals surface area contributed by atoms with Crippen LogP contribution in [0.15, 0.2) is 58.1 Å². The molecule has 3 aromatic rings. The van der Waals surface area contributed by atoms with Gasteiger partial charge in [-0.05, 0) is 35.7 Å². The van der Waals surface area contributed by atoms with E-state index < -0.39 is 29.2 Å². The van der Waals surface area contributed by atoms with Crippen LogP contribution in [0.25, 0.3) is 0 Å². The number of cyclic esters (lactones) is 1. The van der Waals surface area contributed by atoms with Crippen LogP contribution in [0.1, 0.15) is 57.7 Å². The quantitative estimate of drug-likeness (QED) is 0.542. The zero-order valence-corrected chi connectivity index (χ0v) is 19.0. The number of nitrogen functional groups attached to an aromatic ring is 1. The number of carbonyl (C=O) groups is 2. The Morgan fingerprint density at radius 2 is 1.91 bits per heavy atom. The van der Waals surface area contributed by atoms with E-state index in [1.807, 2.05) is 37.3 Å². The Morgan fingerprint density at radius 3 is 2.62 bits per heavy atom. The van der Waals surface area contributed by atoms with Gasteiger partial charge in [0.05, 0.1) is 5.56 Å². The minimum Gasteiger partial charge on any atom is -0.454 e. The molecule has 176 valence electrons. The molecule has 0 spiro atoms. The fraction of sp³-hybridized carbons (Fsp3) is 0.280. The number of ether oxygens (including phenoxy) is 1. The topological polar surface area (TPSA) is 127 Å². The molecule has 3 N–H and O–H groups in total. The second-order valence-corrected chi connectivity index (χ2v) is 8.24. The highest BCUT2D eigenvalue weighted by Gasteiger charge is 2.29. The number of aromatic nitrogens is 2. The summed E-state index contributed by atoms with van der Waals surface area (Å²) in [7, 11) is 1.43. The maximum absolute atomic E-state index is 13.3. The minimum absolute atomic E-state index is 0.0660. The molecule has 9 heteroatoms. The van der Waals surface area contributed by atoms with Gasteiger partial charge in [0, 0.05) is 25.6 Å². The average molecular weight is 463 g/mol. The third kappa shape index (κ3) is 4.24. The Balaban J connectivity index is 1.67. The van der Waals surface area contributed by atoms with E-state index in [1.54, 1.807) is 12.1 Å². The van der Waals surface area contributed by atoms with E-state index >= 15 is 0 Å². The Morgan fingerprint density at radius 1 is 1.18 bits per heavy atom. The van der Waals surface area contributed by atoms with Crippen LogP contribution in [0.2, 0.25) is 0 Å². The highest BCUT2D eigenvalue weighted by atomic mass is 16.5. The first-order chi connectivity index (χ1) is 16.3. The zero-order valence-electron chi connectivity index (χ0n) is 19.0. The molecule has 0 saturated heterocycles. The van der Waals surface area contributed by atoms with Crippen LogP contribution in [-0.4, -0.2) is 28.5 Å². The van der Waals surface area contributed by atoms with E-state index in [2.05, 4.69) is 4.98 Å². The molecular weight excluding hydrogens is 436 g/mol. The summed E-state index contributed by atoms with van der Waals surface area (Å²) in [4.78, 5) is 53.9. The van der Waals surface area contributed by atoms with E-state index in [1.165, 1.54) is 17.7 Å². The second kappa shape index (κ2) is 9.38. The monoisotopic (exact) mass is 462 g/mol. The van der Waals surface area contributed by atoms with Gasteiger partial charge in [-0.2, -0.15) is 0 Å². The number of anilines is 2. The number of nitrogens with zero attached hydrogens (tertiary/aromatic N) is 2. The molecule has 1 aromatic heterocycles. The summed E-state index contributed by atoms with van der Waals surface area (Å²) in [5.74, 6) is -1.01. The van der Waals surface area contributed by atoms with E-state index in [-0.39, 0.29) is 17.1 Å². The van der Waals surface area contributed by atoms with E-state index in [9.17, 15) is 19.2 Å². The molecule has 1 aliphatic rings. The smallest absolute Gasteiger partial charge is 0.339 e. The SMILES string of the molecule is CCCCn1c(N)c(N(C)C(=O)c2ccc3c(c2)C[C@H](c2ccccc2)OC3=O)c(=O)[nH]c1=O. The van der Waals surface area contributed by atoms with Gasteiger partial charge in [-0.3, -0.25) is 19.1 Å². The molecular formula is C25H26N4O5. The normalized spacial score (nSPS) is 14.9. The molecule has 0 bridgehead atoms. The largest absolute Gasteiger partial charge is 0.454 e. The van der Waals surface area contributed by atoms with Gasteiger partial charge in [0.25, 0.3) is 11.5 Å². The van der Waals surface area contributed by atoms with Crippen molar-refractivity contribution in [2.24, 2.45) is 0 Å². The molecule has 2 heterocycles. The number of esters is 1. The maximum Gasteiger partial charge on any atom is 0.339 e. The highest BCUT2D eigenvalue weighted by molar-refractivity contribution is 6.07. The number of rotatable bonds is 6. The molecule has 0 saturated carbocycles. The first-order valence-electron chi connectivity index (χ1n) is 11.1. The van der Waals surface area contributed by atoms with Crippen LogP contribution in [0.5, 0.6) is 0 Å².